The molecule has 0 radical (unpaired) electrons. The molecule has 0 spiro atoms. The Morgan fingerprint density at radius 3 is 2.45 bits per heavy atom. The average molecular weight is 161 g/mol. The van der Waals surface area contributed by atoms with Gasteiger partial charge in [-0.15, -0.1) is 0 Å². The van der Waals surface area contributed by atoms with Gasteiger partial charge in [-0.05, 0) is 0 Å². The molecule has 64 valence electrons. The van der Waals surface area contributed by atoms with E-state index >= 15 is 0 Å². The number of methoxy groups -OCH3 is 1. The van der Waals surface area contributed by atoms with Gasteiger partial charge >= 0.3 is 6.03 Å². The molecule has 0 aliphatic rings. The smallest absolute Gasteiger partial charge is 0.335 e. The molecule has 0 bridgehead atoms. The van der Waals surface area contributed by atoms with E-state index in [-0.39, 0.29) is 12.6 Å². The highest BCUT2D eigenvalue weighted by Gasteiger charge is 1.96. The van der Waals surface area contributed by atoms with Crippen LogP contribution >= 0.6 is 0 Å². The fourth-order valence-electron chi connectivity index (χ4n) is 0.327. The molecule has 0 rings (SSSR count). The van der Waals surface area contributed by atoms with Crippen molar-refractivity contribution in [3.63, 3.8) is 0 Å². The SMILES string of the molecule is COCNC(=O)NNC(C)=O. The third-order valence-corrected chi connectivity index (χ3v) is 0.729. The Balaban J connectivity index is 3.30. The van der Waals surface area contributed by atoms with Crippen molar-refractivity contribution in [1.29, 1.82) is 0 Å². The van der Waals surface area contributed by atoms with Gasteiger partial charge in [0.1, 0.15) is 6.73 Å². The van der Waals surface area contributed by atoms with E-state index in [0.29, 0.717) is 0 Å². The molecular weight excluding hydrogens is 150 g/mol. The first kappa shape index (κ1) is 9.70. The third-order valence-electron chi connectivity index (χ3n) is 0.729. The average Bonchev–Trinajstić information content (AvgIpc) is 1.97. The highest BCUT2D eigenvalue weighted by atomic mass is 16.5. The summed E-state index contributed by atoms with van der Waals surface area (Å²) in [6.07, 6.45) is 0. The maximum Gasteiger partial charge on any atom is 0.335 e. The van der Waals surface area contributed by atoms with Crippen LogP contribution in [0.25, 0.3) is 0 Å². The lowest BCUT2D eigenvalue weighted by Crippen LogP contribution is -2.46. The van der Waals surface area contributed by atoms with Crippen molar-refractivity contribution < 1.29 is 14.3 Å². The Kier molecular flexibility index (Phi) is 4.83. The lowest BCUT2D eigenvalue weighted by molar-refractivity contribution is -0.119. The summed E-state index contributed by atoms with van der Waals surface area (Å²) in [4.78, 5) is 20.8. The van der Waals surface area contributed by atoms with E-state index in [9.17, 15) is 9.59 Å². The third kappa shape index (κ3) is 6.59. The topological polar surface area (TPSA) is 79.5 Å². The van der Waals surface area contributed by atoms with Gasteiger partial charge in [0.2, 0.25) is 5.91 Å². The fourth-order valence-corrected chi connectivity index (χ4v) is 0.327. The van der Waals surface area contributed by atoms with Crippen molar-refractivity contribution in [2.24, 2.45) is 0 Å². The molecule has 11 heavy (non-hydrogen) atoms. The minimum Gasteiger partial charge on any atom is -0.364 e. The molecule has 0 aliphatic carbocycles. The number of hydrazine groups is 1. The molecule has 6 nitrogen and oxygen atoms in total. The Bertz CT molecular complexity index is 148. The Morgan fingerprint density at radius 1 is 1.36 bits per heavy atom. The summed E-state index contributed by atoms with van der Waals surface area (Å²) in [6.45, 7) is 1.39. The van der Waals surface area contributed by atoms with Crippen molar-refractivity contribution in [2.75, 3.05) is 13.8 Å². The minimum absolute atomic E-state index is 0.103. The molecule has 0 aromatic heterocycles. The van der Waals surface area contributed by atoms with Gasteiger partial charge in [-0.25, -0.2) is 10.2 Å². The number of nitrogens with one attached hydrogen (secondary N) is 3. The summed E-state index contributed by atoms with van der Waals surface area (Å²) in [5, 5.41) is 2.30. The number of ether oxygens (including phenoxy) is 1. The second-order valence-electron chi connectivity index (χ2n) is 1.75. The Hall–Kier alpha value is -1.30. The molecule has 3 amide bonds. The van der Waals surface area contributed by atoms with Crippen LogP contribution < -0.4 is 16.2 Å². The summed E-state index contributed by atoms with van der Waals surface area (Å²) in [7, 11) is 1.44. The second-order valence-corrected chi connectivity index (χ2v) is 1.75. The molecule has 0 unspecified atom stereocenters. The van der Waals surface area contributed by atoms with Crippen molar-refractivity contribution in [3.8, 4) is 0 Å². The number of hydrogen-bond acceptors (Lipinski definition) is 3. The summed E-state index contributed by atoms with van der Waals surface area (Å²) < 4.78 is 4.53. The van der Waals surface area contributed by atoms with Crippen LogP contribution in [0.1, 0.15) is 6.92 Å². The van der Waals surface area contributed by atoms with Crippen LogP contribution in [0, 0.1) is 0 Å². The number of rotatable bonds is 2. The van der Waals surface area contributed by atoms with Crippen molar-refractivity contribution in [1.82, 2.24) is 16.2 Å². The molecule has 0 aromatic rings. The van der Waals surface area contributed by atoms with Crippen LogP contribution in [0.3, 0.4) is 0 Å². The summed E-state index contributed by atoms with van der Waals surface area (Å²) in [5.41, 5.74) is 4.18. The number of carbonyl (C=O) groups is 2. The van der Waals surface area contributed by atoms with Gasteiger partial charge in [0, 0.05) is 14.0 Å². The summed E-state index contributed by atoms with van der Waals surface area (Å²) in [5.74, 6) is -0.336. The molecule has 0 aliphatic heterocycles. The second kappa shape index (κ2) is 5.48. The predicted octanol–water partition coefficient (Wildman–Crippen LogP) is -1.06. The molecular formula is C5H11N3O3. The highest BCUT2D eigenvalue weighted by Crippen LogP contribution is 1.62. The van der Waals surface area contributed by atoms with Crippen molar-refractivity contribution in [3.05, 3.63) is 0 Å². The standard InChI is InChI=1S/C5H11N3O3/c1-4(9)7-8-5(10)6-3-11-2/h3H2,1-2H3,(H,7,9)(H2,6,8,10). The molecule has 3 N–H and O–H groups in total. The van der Waals surface area contributed by atoms with Gasteiger partial charge < -0.3 is 10.1 Å². The molecule has 0 aromatic carbocycles. The minimum atomic E-state index is -0.512. The first-order valence-electron chi connectivity index (χ1n) is 2.96. The van der Waals surface area contributed by atoms with Gasteiger partial charge in [0.15, 0.2) is 0 Å². The lowest BCUT2D eigenvalue weighted by atomic mass is 10.8. The number of urea groups is 1. The van der Waals surface area contributed by atoms with Gasteiger partial charge in [-0.2, -0.15) is 0 Å². The number of hydrogen-bond donors (Lipinski definition) is 3. The van der Waals surface area contributed by atoms with Crippen LogP contribution in [0.2, 0.25) is 0 Å². The van der Waals surface area contributed by atoms with Crippen LogP contribution in [0.15, 0.2) is 0 Å². The quantitative estimate of drug-likeness (QED) is 0.357. The van der Waals surface area contributed by atoms with Crippen LogP contribution in [0.5, 0.6) is 0 Å². The normalized spacial score (nSPS) is 8.55. The zero-order chi connectivity index (χ0) is 8.69. The maximum absolute atomic E-state index is 10.6. The monoisotopic (exact) mass is 161 g/mol. The number of carbonyl (C=O) groups excluding carboxylic acids is 2. The van der Waals surface area contributed by atoms with E-state index in [4.69, 9.17) is 0 Å². The van der Waals surface area contributed by atoms with Crippen molar-refractivity contribution >= 4 is 11.9 Å². The van der Waals surface area contributed by atoms with Crippen LogP contribution in [0.4, 0.5) is 4.79 Å². The molecule has 0 heterocycles. The molecule has 0 saturated carbocycles. The first-order valence-corrected chi connectivity index (χ1v) is 2.96. The van der Waals surface area contributed by atoms with Crippen molar-refractivity contribution in [2.45, 2.75) is 6.92 Å². The van der Waals surface area contributed by atoms with Gasteiger partial charge in [-0.3, -0.25) is 10.2 Å². The zero-order valence-electron chi connectivity index (χ0n) is 6.43. The van der Waals surface area contributed by atoms with E-state index < -0.39 is 6.03 Å². The van der Waals surface area contributed by atoms with Gasteiger partial charge in [0.25, 0.3) is 0 Å². The summed E-state index contributed by atoms with van der Waals surface area (Å²) >= 11 is 0. The molecule has 6 heteroatoms. The Morgan fingerprint density at radius 2 is 2.00 bits per heavy atom. The van der Waals surface area contributed by atoms with Gasteiger partial charge in [0.05, 0.1) is 0 Å². The van der Waals surface area contributed by atoms with Gasteiger partial charge in [-0.1, -0.05) is 0 Å². The molecule has 0 saturated heterocycles. The van der Waals surface area contributed by atoms with Crippen LogP contribution in [-0.2, 0) is 9.53 Å². The highest BCUT2D eigenvalue weighted by molar-refractivity contribution is 5.79. The van der Waals surface area contributed by atoms with E-state index in [1.54, 1.807) is 0 Å². The predicted molar refractivity (Wildman–Crippen MR) is 37.4 cm³/mol. The van der Waals surface area contributed by atoms with E-state index in [0.717, 1.165) is 0 Å². The van der Waals surface area contributed by atoms with E-state index in [1.807, 2.05) is 0 Å². The molecule has 0 atom stereocenters. The van der Waals surface area contributed by atoms with E-state index in [2.05, 4.69) is 20.9 Å². The number of amides is 3. The largest absolute Gasteiger partial charge is 0.364 e. The van der Waals surface area contributed by atoms with Crippen LogP contribution in [-0.4, -0.2) is 25.8 Å². The fraction of sp³-hybridized carbons (Fsp3) is 0.600. The maximum atomic E-state index is 10.6. The Labute approximate surface area is 64.3 Å². The molecule has 0 fully saturated rings. The van der Waals surface area contributed by atoms with E-state index in [1.165, 1.54) is 14.0 Å². The first-order chi connectivity index (χ1) is 5.16. The summed E-state index contributed by atoms with van der Waals surface area (Å²) in [6, 6.07) is -0.512. The lowest BCUT2D eigenvalue weighted by Gasteiger charge is -2.05. The zero-order valence-corrected chi connectivity index (χ0v) is 6.43.